The van der Waals surface area contributed by atoms with Gasteiger partial charge in [0, 0.05) is 10.9 Å². The number of thiazole rings is 1. The van der Waals surface area contributed by atoms with E-state index < -0.39 is 27.3 Å². The van der Waals surface area contributed by atoms with Gasteiger partial charge in [0.05, 0.1) is 10.6 Å². The summed E-state index contributed by atoms with van der Waals surface area (Å²) in [5.74, 6) is -0.631. The first-order chi connectivity index (χ1) is 15.4. The summed E-state index contributed by atoms with van der Waals surface area (Å²) >= 11 is 1.18. The highest BCUT2D eigenvalue weighted by atomic mass is 32.2. The minimum atomic E-state index is -3.89. The summed E-state index contributed by atoms with van der Waals surface area (Å²) < 4.78 is 43.4. The van der Waals surface area contributed by atoms with Gasteiger partial charge in [-0.05, 0) is 60.7 Å². The molecule has 0 spiro atoms. The molecule has 1 aromatic heterocycles. The maximum absolute atomic E-state index is 13.0. The summed E-state index contributed by atoms with van der Waals surface area (Å²) in [7, 11) is -3.89. The topological polar surface area (TPSA) is 85.4 Å². The fraction of sp³-hybridized carbons (Fsp3) is 0.0435. The molecule has 162 valence electrons. The summed E-state index contributed by atoms with van der Waals surface area (Å²) in [6.07, 6.45) is 0. The third-order valence-corrected chi connectivity index (χ3v) is 6.76. The van der Waals surface area contributed by atoms with Crippen LogP contribution in [0.5, 0.6) is 11.5 Å². The van der Waals surface area contributed by atoms with Crippen molar-refractivity contribution in [1.29, 1.82) is 0 Å². The second kappa shape index (κ2) is 9.29. The number of rotatable bonds is 7. The first kappa shape index (κ1) is 21.7. The van der Waals surface area contributed by atoms with Gasteiger partial charge in [-0.25, -0.2) is 17.8 Å². The smallest absolute Gasteiger partial charge is 0.241 e. The number of nitrogens with zero attached hydrogens (tertiary/aromatic N) is 1. The number of sulfone groups is 1. The lowest BCUT2D eigenvalue weighted by molar-refractivity contribution is -0.113. The van der Waals surface area contributed by atoms with Crippen LogP contribution in [-0.4, -0.2) is 25.1 Å². The van der Waals surface area contributed by atoms with Crippen LogP contribution in [0.25, 0.3) is 11.3 Å². The second-order valence-electron chi connectivity index (χ2n) is 6.74. The third kappa shape index (κ3) is 5.37. The monoisotopic (exact) mass is 468 g/mol. The number of carbonyl (C=O) groups is 1. The van der Waals surface area contributed by atoms with Crippen LogP contribution in [0.1, 0.15) is 0 Å². The summed E-state index contributed by atoms with van der Waals surface area (Å²) in [5, 5.41) is 4.55. The van der Waals surface area contributed by atoms with Gasteiger partial charge in [-0.2, -0.15) is 0 Å². The Bertz CT molecular complexity index is 1320. The van der Waals surface area contributed by atoms with E-state index in [1.807, 2.05) is 54.6 Å². The summed E-state index contributed by atoms with van der Waals surface area (Å²) in [6, 6.07) is 21.1. The Kier molecular flexibility index (Phi) is 6.29. The number of aromatic nitrogens is 1. The van der Waals surface area contributed by atoms with Crippen molar-refractivity contribution in [3.8, 4) is 22.8 Å². The predicted octanol–water partition coefficient (Wildman–Crippen LogP) is 5.15. The molecule has 6 nitrogen and oxygen atoms in total. The Morgan fingerprint density at radius 3 is 2.28 bits per heavy atom. The highest BCUT2D eigenvalue weighted by molar-refractivity contribution is 7.92. The van der Waals surface area contributed by atoms with Crippen LogP contribution >= 0.6 is 11.3 Å². The van der Waals surface area contributed by atoms with Gasteiger partial charge in [-0.3, -0.25) is 4.79 Å². The van der Waals surface area contributed by atoms with Gasteiger partial charge >= 0.3 is 0 Å². The van der Waals surface area contributed by atoms with E-state index in [0.29, 0.717) is 11.4 Å². The Morgan fingerprint density at radius 1 is 0.938 bits per heavy atom. The van der Waals surface area contributed by atoms with Crippen LogP contribution in [0.2, 0.25) is 0 Å². The molecule has 0 atom stereocenters. The van der Waals surface area contributed by atoms with E-state index in [4.69, 9.17) is 4.74 Å². The number of para-hydroxylation sites is 1. The number of amides is 1. The number of hydrogen-bond donors (Lipinski definition) is 1. The number of halogens is 1. The summed E-state index contributed by atoms with van der Waals surface area (Å²) in [6.45, 7) is 0. The van der Waals surface area contributed by atoms with Crippen LogP contribution in [-0.2, 0) is 14.6 Å². The normalized spacial score (nSPS) is 11.2. The number of ether oxygens (including phenoxy) is 1. The zero-order valence-corrected chi connectivity index (χ0v) is 18.2. The molecule has 0 bridgehead atoms. The van der Waals surface area contributed by atoms with Crippen molar-refractivity contribution in [3.05, 3.63) is 90.1 Å². The lowest BCUT2D eigenvalue weighted by Crippen LogP contribution is -2.23. The fourth-order valence-corrected chi connectivity index (χ4v) is 4.71. The Labute approximate surface area is 188 Å². The van der Waals surface area contributed by atoms with Crippen molar-refractivity contribution in [3.63, 3.8) is 0 Å². The molecular weight excluding hydrogens is 451 g/mol. The van der Waals surface area contributed by atoms with E-state index in [1.165, 1.54) is 11.3 Å². The number of carbonyl (C=O) groups excluding carboxylic acids is 1. The molecule has 4 aromatic rings. The van der Waals surface area contributed by atoms with Gasteiger partial charge in [0.25, 0.3) is 0 Å². The lowest BCUT2D eigenvalue weighted by Gasteiger charge is -2.06. The molecule has 0 unspecified atom stereocenters. The van der Waals surface area contributed by atoms with E-state index in [9.17, 15) is 17.6 Å². The lowest BCUT2D eigenvalue weighted by atomic mass is 10.2. The SMILES string of the molecule is O=C(CS(=O)(=O)c1ccc(F)cc1)Nc1nc(-c2ccc(Oc3ccccc3)cc2)cs1. The molecule has 0 saturated carbocycles. The standard InChI is InChI=1S/C23H17FN2O4S2/c24-17-8-12-20(13-9-17)32(28,29)15-22(27)26-23-25-21(14-31-23)16-6-10-19(11-7-16)30-18-4-2-1-3-5-18/h1-14H,15H2,(H,25,26,27). The third-order valence-electron chi connectivity index (χ3n) is 4.37. The van der Waals surface area contributed by atoms with Crippen LogP contribution in [0.4, 0.5) is 9.52 Å². The van der Waals surface area contributed by atoms with E-state index in [2.05, 4.69) is 10.3 Å². The minimum Gasteiger partial charge on any atom is -0.457 e. The molecule has 1 amide bonds. The van der Waals surface area contributed by atoms with Crippen molar-refractivity contribution >= 4 is 32.2 Å². The van der Waals surface area contributed by atoms with Crippen molar-refractivity contribution in [2.45, 2.75) is 4.90 Å². The summed E-state index contributed by atoms with van der Waals surface area (Å²) in [5.41, 5.74) is 1.46. The Morgan fingerprint density at radius 2 is 1.59 bits per heavy atom. The first-order valence-corrected chi connectivity index (χ1v) is 12.0. The molecule has 3 aromatic carbocycles. The molecule has 0 aliphatic rings. The Balaban J connectivity index is 1.39. The largest absolute Gasteiger partial charge is 0.457 e. The fourth-order valence-electron chi connectivity index (χ4n) is 2.84. The van der Waals surface area contributed by atoms with E-state index in [1.54, 1.807) is 5.38 Å². The quantitative estimate of drug-likeness (QED) is 0.379. The van der Waals surface area contributed by atoms with Gasteiger partial charge < -0.3 is 10.1 Å². The average Bonchev–Trinajstić information content (AvgIpc) is 3.23. The maximum Gasteiger partial charge on any atom is 0.241 e. The van der Waals surface area contributed by atoms with Gasteiger partial charge in [-0.1, -0.05) is 18.2 Å². The predicted molar refractivity (Wildman–Crippen MR) is 121 cm³/mol. The number of nitrogens with one attached hydrogen (secondary N) is 1. The van der Waals surface area contributed by atoms with Gasteiger partial charge in [0.15, 0.2) is 15.0 Å². The molecular formula is C23H17FN2O4S2. The first-order valence-electron chi connectivity index (χ1n) is 9.46. The maximum atomic E-state index is 13.0. The molecule has 0 saturated heterocycles. The van der Waals surface area contributed by atoms with Crippen LogP contribution in [0, 0.1) is 5.82 Å². The highest BCUT2D eigenvalue weighted by Crippen LogP contribution is 2.28. The molecule has 9 heteroatoms. The number of hydrogen-bond acceptors (Lipinski definition) is 6. The highest BCUT2D eigenvalue weighted by Gasteiger charge is 2.20. The van der Waals surface area contributed by atoms with E-state index in [-0.39, 0.29) is 10.0 Å². The zero-order chi connectivity index (χ0) is 22.6. The van der Waals surface area contributed by atoms with Crippen LogP contribution < -0.4 is 10.1 Å². The van der Waals surface area contributed by atoms with Gasteiger partial charge in [0.1, 0.15) is 23.1 Å². The van der Waals surface area contributed by atoms with E-state index in [0.717, 1.165) is 35.6 Å². The molecule has 4 rings (SSSR count). The van der Waals surface area contributed by atoms with Crippen molar-refractivity contribution in [2.24, 2.45) is 0 Å². The van der Waals surface area contributed by atoms with Crippen LogP contribution in [0.15, 0.2) is 89.1 Å². The van der Waals surface area contributed by atoms with Crippen molar-refractivity contribution < 1.29 is 22.3 Å². The van der Waals surface area contributed by atoms with Crippen LogP contribution in [0.3, 0.4) is 0 Å². The molecule has 0 radical (unpaired) electrons. The van der Waals surface area contributed by atoms with Crippen molar-refractivity contribution in [1.82, 2.24) is 4.98 Å². The molecule has 0 aliphatic carbocycles. The van der Waals surface area contributed by atoms with Gasteiger partial charge in [0.2, 0.25) is 5.91 Å². The molecule has 1 heterocycles. The second-order valence-corrected chi connectivity index (χ2v) is 9.59. The molecule has 0 fully saturated rings. The molecule has 0 aliphatic heterocycles. The average molecular weight is 469 g/mol. The molecule has 32 heavy (non-hydrogen) atoms. The van der Waals surface area contributed by atoms with Crippen molar-refractivity contribution in [2.75, 3.05) is 11.1 Å². The van der Waals surface area contributed by atoms with Gasteiger partial charge in [-0.15, -0.1) is 11.3 Å². The Hall–Kier alpha value is -3.56. The molecule has 1 N–H and O–H groups in total. The minimum absolute atomic E-state index is 0.119. The summed E-state index contributed by atoms with van der Waals surface area (Å²) in [4.78, 5) is 16.4. The van der Waals surface area contributed by atoms with E-state index >= 15 is 0 Å². The number of anilines is 1. The number of benzene rings is 3. The zero-order valence-electron chi connectivity index (χ0n) is 16.6.